The second-order valence-electron chi connectivity index (χ2n) is 6.61. The van der Waals surface area contributed by atoms with Crippen LogP contribution in [0, 0.1) is 0 Å². The molecule has 1 aliphatic carbocycles. The number of hydrogen-bond donors (Lipinski definition) is 2. The summed E-state index contributed by atoms with van der Waals surface area (Å²) in [5.41, 5.74) is 8.67. The van der Waals surface area contributed by atoms with Crippen molar-refractivity contribution in [3.63, 3.8) is 0 Å². The molecule has 2 atom stereocenters. The number of aliphatic imine (C=N–C) groups is 1. The zero-order chi connectivity index (χ0) is 17.9. The predicted octanol–water partition coefficient (Wildman–Crippen LogP) is 4.59. The van der Waals surface area contributed by atoms with Gasteiger partial charge in [-0.15, -0.1) is 24.0 Å². The number of amidine groups is 1. The Bertz CT molecular complexity index is 837. The number of nitrogens with one attached hydrogen (secondary N) is 2. The first-order valence-electron chi connectivity index (χ1n) is 9.01. The van der Waals surface area contributed by atoms with Gasteiger partial charge in [-0.3, -0.25) is 10.7 Å². The van der Waals surface area contributed by atoms with Gasteiger partial charge in [-0.2, -0.15) is 5.01 Å². The Morgan fingerprint density at radius 2 is 1.89 bits per heavy atom. The van der Waals surface area contributed by atoms with Gasteiger partial charge in [0.15, 0.2) is 5.17 Å². The number of nitrogens with zero attached hydrogens (tertiary/aromatic N) is 2. The van der Waals surface area contributed by atoms with E-state index in [2.05, 4.69) is 59.3 Å². The van der Waals surface area contributed by atoms with E-state index in [9.17, 15) is 0 Å². The Morgan fingerprint density at radius 3 is 2.63 bits per heavy atom. The third-order valence-corrected chi connectivity index (χ3v) is 5.59. The van der Waals surface area contributed by atoms with Crippen LogP contribution in [0.4, 0.5) is 5.69 Å². The molecule has 4 rings (SSSR count). The second-order valence-corrected chi connectivity index (χ2v) is 7.41. The maximum atomic E-state index is 4.74. The molecule has 142 valence electrons. The Hall–Kier alpha value is -1.35. The summed E-state index contributed by atoms with van der Waals surface area (Å²) < 4.78 is 0. The molecule has 2 aliphatic rings. The summed E-state index contributed by atoms with van der Waals surface area (Å²) in [6.45, 7) is 4.20. The van der Waals surface area contributed by atoms with Gasteiger partial charge in [0.2, 0.25) is 0 Å². The highest BCUT2D eigenvalue weighted by Gasteiger charge is 2.34. The minimum atomic E-state index is 0. The number of halogens is 1. The van der Waals surface area contributed by atoms with E-state index in [1.54, 1.807) is 11.8 Å². The van der Waals surface area contributed by atoms with E-state index in [1.165, 1.54) is 16.7 Å². The fourth-order valence-electron chi connectivity index (χ4n) is 3.67. The fourth-order valence-corrected chi connectivity index (χ4v) is 4.08. The molecule has 0 spiro atoms. The highest BCUT2D eigenvalue weighted by molar-refractivity contribution is 14.0. The van der Waals surface area contributed by atoms with E-state index in [4.69, 9.17) is 4.99 Å². The highest BCUT2D eigenvalue weighted by Crippen LogP contribution is 2.38. The molecule has 1 saturated heterocycles. The van der Waals surface area contributed by atoms with Gasteiger partial charge in [0.25, 0.3) is 0 Å². The summed E-state index contributed by atoms with van der Waals surface area (Å²) in [5, 5.41) is 6.82. The lowest BCUT2D eigenvalue weighted by Crippen LogP contribution is -2.48. The molecule has 1 heterocycles. The van der Waals surface area contributed by atoms with Crippen LogP contribution < -0.4 is 10.7 Å². The van der Waals surface area contributed by atoms with Crippen LogP contribution in [0.5, 0.6) is 0 Å². The quantitative estimate of drug-likeness (QED) is 0.374. The predicted molar refractivity (Wildman–Crippen MR) is 127 cm³/mol. The maximum Gasteiger partial charge on any atom is 0.176 e. The van der Waals surface area contributed by atoms with Crippen molar-refractivity contribution in [1.82, 2.24) is 15.8 Å². The Kier molecular flexibility index (Phi) is 6.97. The normalized spacial score (nSPS) is 22.1. The summed E-state index contributed by atoms with van der Waals surface area (Å²) in [5.74, 6) is 0.426. The number of hydrogen-bond acceptors (Lipinski definition) is 4. The summed E-state index contributed by atoms with van der Waals surface area (Å²) in [4.78, 5) is 4.74. The van der Waals surface area contributed by atoms with Gasteiger partial charge in [-0.1, -0.05) is 67.2 Å². The van der Waals surface area contributed by atoms with Gasteiger partial charge in [0, 0.05) is 19.0 Å². The molecule has 1 aliphatic heterocycles. The lowest BCUT2D eigenvalue weighted by Gasteiger charge is -2.28. The SMILES string of the molecule is CSC(=Nc1ccccc1)NN1CCNC1C1=Cc2ccccc2C1C.I. The van der Waals surface area contributed by atoms with Crippen molar-refractivity contribution in [2.75, 3.05) is 19.3 Å². The number of para-hydroxylation sites is 1. The van der Waals surface area contributed by atoms with Gasteiger partial charge in [-0.25, -0.2) is 4.99 Å². The van der Waals surface area contributed by atoms with Gasteiger partial charge in [0.05, 0.1) is 5.69 Å². The zero-order valence-electron chi connectivity index (χ0n) is 15.6. The van der Waals surface area contributed by atoms with Crippen molar-refractivity contribution >= 4 is 52.7 Å². The van der Waals surface area contributed by atoms with Crippen molar-refractivity contribution < 1.29 is 0 Å². The Morgan fingerprint density at radius 1 is 1.15 bits per heavy atom. The van der Waals surface area contributed by atoms with Crippen molar-refractivity contribution in [3.8, 4) is 0 Å². The van der Waals surface area contributed by atoms with Crippen molar-refractivity contribution in [2.24, 2.45) is 4.99 Å². The third kappa shape index (κ3) is 4.39. The van der Waals surface area contributed by atoms with Gasteiger partial charge < -0.3 is 0 Å². The smallest absolute Gasteiger partial charge is 0.176 e. The number of thioether (sulfide) groups is 1. The molecule has 1 fully saturated rings. The topological polar surface area (TPSA) is 39.7 Å². The maximum absolute atomic E-state index is 4.74. The van der Waals surface area contributed by atoms with E-state index in [0.717, 1.165) is 23.9 Å². The first-order chi connectivity index (χ1) is 12.8. The molecule has 2 aromatic carbocycles. The standard InChI is InChI=1S/C21H24N4S.HI/c1-15-18-11-7-6-8-16(18)14-19(15)20-22-12-13-25(20)24-21(26-2)23-17-9-4-3-5-10-17;/h3-11,14-15,20,22H,12-13H2,1-2H3,(H,23,24);1H. The molecule has 27 heavy (non-hydrogen) atoms. The molecule has 0 bridgehead atoms. The van der Waals surface area contributed by atoms with Crippen molar-refractivity contribution in [3.05, 3.63) is 71.3 Å². The number of fused-ring (bicyclic) bond motifs is 1. The number of rotatable bonds is 3. The van der Waals surface area contributed by atoms with Gasteiger partial charge in [-0.05, 0) is 35.1 Å². The number of hydrazine groups is 1. The summed E-state index contributed by atoms with van der Waals surface area (Å²) >= 11 is 1.63. The molecule has 6 heteroatoms. The van der Waals surface area contributed by atoms with Crippen LogP contribution in [-0.2, 0) is 0 Å². The largest absolute Gasteiger partial charge is 0.296 e. The molecule has 2 N–H and O–H groups in total. The minimum absolute atomic E-state index is 0. The molecule has 2 unspecified atom stereocenters. The minimum Gasteiger partial charge on any atom is -0.296 e. The zero-order valence-corrected chi connectivity index (χ0v) is 18.7. The van der Waals surface area contributed by atoms with E-state index in [0.29, 0.717) is 5.92 Å². The third-order valence-electron chi connectivity index (χ3n) is 5.02. The van der Waals surface area contributed by atoms with E-state index >= 15 is 0 Å². The average molecular weight is 492 g/mol. The first kappa shape index (κ1) is 20.4. The van der Waals surface area contributed by atoms with Crippen LogP contribution >= 0.6 is 35.7 Å². The van der Waals surface area contributed by atoms with Crippen molar-refractivity contribution in [1.29, 1.82) is 0 Å². The summed E-state index contributed by atoms with van der Waals surface area (Å²) in [7, 11) is 0. The van der Waals surface area contributed by atoms with Crippen LogP contribution in [0.2, 0.25) is 0 Å². The van der Waals surface area contributed by atoms with Crippen LogP contribution in [0.1, 0.15) is 24.0 Å². The van der Waals surface area contributed by atoms with Crippen LogP contribution in [0.15, 0.2) is 65.2 Å². The molecule has 0 saturated carbocycles. The molecule has 0 amide bonds. The second kappa shape index (κ2) is 9.23. The van der Waals surface area contributed by atoms with E-state index in [-0.39, 0.29) is 30.1 Å². The molecular formula is C21H25IN4S. The average Bonchev–Trinajstić information content (AvgIpc) is 3.26. The summed E-state index contributed by atoms with van der Waals surface area (Å²) in [6, 6.07) is 18.8. The molecule has 4 nitrogen and oxygen atoms in total. The highest BCUT2D eigenvalue weighted by atomic mass is 127. The molecule has 0 radical (unpaired) electrons. The van der Waals surface area contributed by atoms with Crippen LogP contribution in [0.25, 0.3) is 6.08 Å². The molecule has 2 aromatic rings. The molecule has 0 aromatic heterocycles. The van der Waals surface area contributed by atoms with Crippen molar-refractivity contribution in [2.45, 2.75) is 19.0 Å². The lowest BCUT2D eigenvalue weighted by molar-refractivity contribution is 0.230. The first-order valence-corrected chi connectivity index (χ1v) is 10.2. The van der Waals surface area contributed by atoms with Crippen LogP contribution in [0.3, 0.4) is 0 Å². The monoisotopic (exact) mass is 492 g/mol. The van der Waals surface area contributed by atoms with Crippen LogP contribution in [-0.4, -0.2) is 35.7 Å². The van der Waals surface area contributed by atoms with E-state index < -0.39 is 0 Å². The Labute approximate surface area is 182 Å². The van der Waals surface area contributed by atoms with E-state index in [1.807, 2.05) is 30.3 Å². The summed E-state index contributed by atoms with van der Waals surface area (Å²) in [6.07, 6.45) is 4.58. The Balaban J connectivity index is 0.00000210. The molecular weight excluding hydrogens is 467 g/mol. The van der Waals surface area contributed by atoms with Gasteiger partial charge in [0.1, 0.15) is 6.17 Å². The number of benzene rings is 2. The van der Waals surface area contributed by atoms with Gasteiger partial charge >= 0.3 is 0 Å². The fraction of sp³-hybridized carbons (Fsp3) is 0.286. The lowest BCUT2D eigenvalue weighted by atomic mass is 9.96.